The number of carbonyl (C=O) groups excluding carboxylic acids is 2. The average Bonchev–Trinajstić information content (AvgIpc) is 3.03. The Labute approximate surface area is 257 Å². The second-order valence-corrected chi connectivity index (χ2v) is 10.2. The molecule has 0 aromatic heterocycles. The summed E-state index contributed by atoms with van der Waals surface area (Å²) in [6.45, 7) is 5.83. The summed E-state index contributed by atoms with van der Waals surface area (Å²) < 4.78 is 15.8. The molecular weight excluding hydrogens is 558 g/mol. The molecule has 0 heterocycles. The molecule has 0 aliphatic heterocycles. The topological polar surface area (TPSA) is 65.1 Å². The van der Waals surface area contributed by atoms with Crippen LogP contribution in [-0.4, -0.2) is 38.0 Å². The van der Waals surface area contributed by atoms with Gasteiger partial charge in [0, 0.05) is 30.3 Å². The first-order valence-electron chi connectivity index (χ1n) is 13.6. The molecule has 1 aliphatic carbocycles. The molecule has 0 amide bonds. The van der Waals surface area contributed by atoms with Crippen LogP contribution in [-0.2, 0) is 14.3 Å². The average molecular weight is 592 g/mol. The third kappa shape index (κ3) is 7.64. The van der Waals surface area contributed by atoms with Gasteiger partial charge >= 0.3 is 0 Å². The lowest BCUT2D eigenvalue weighted by atomic mass is 9.85. The number of nitrogens with zero attached hydrogens (tertiary/aromatic N) is 1. The molecule has 1 aliphatic rings. The summed E-state index contributed by atoms with van der Waals surface area (Å²) in [5.41, 5.74) is 3.47. The van der Waals surface area contributed by atoms with Crippen LogP contribution in [0, 0.1) is 6.92 Å². The van der Waals surface area contributed by atoms with Crippen molar-refractivity contribution >= 4 is 45.4 Å². The molecule has 0 saturated heterocycles. The molecule has 0 bridgehead atoms. The molecular formula is C36H33NO5S. The van der Waals surface area contributed by atoms with Gasteiger partial charge in [-0.1, -0.05) is 60.7 Å². The maximum Gasteiger partial charge on any atom is 0.269 e. The van der Waals surface area contributed by atoms with E-state index in [9.17, 15) is 9.59 Å². The zero-order chi connectivity index (χ0) is 30.9. The van der Waals surface area contributed by atoms with E-state index in [1.165, 1.54) is 30.2 Å². The van der Waals surface area contributed by atoms with Crippen LogP contribution in [0.25, 0.3) is 10.8 Å². The van der Waals surface area contributed by atoms with E-state index >= 15 is 0 Å². The van der Waals surface area contributed by atoms with Gasteiger partial charge < -0.3 is 19.1 Å². The molecule has 0 fully saturated rings. The molecule has 43 heavy (non-hydrogen) atoms. The Hall–Kier alpha value is -5.01. The minimum atomic E-state index is -0.345. The van der Waals surface area contributed by atoms with Crippen LogP contribution < -0.4 is 14.4 Å². The molecule has 7 heteroatoms. The summed E-state index contributed by atoms with van der Waals surface area (Å²) in [4.78, 5) is 25.9. The Morgan fingerprint density at radius 1 is 0.814 bits per heavy atom. The second kappa shape index (κ2) is 14.2. The van der Waals surface area contributed by atoms with Crippen molar-refractivity contribution in [3.8, 4) is 11.5 Å². The lowest BCUT2D eigenvalue weighted by Crippen LogP contribution is -2.29. The zero-order valence-electron chi connectivity index (χ0n) is 24.6. The summed E-state index contributed by atoms with van der Waals surface area (Å²) in [6, 6.07) is 29.6. The molecule has 0 spiro atoms. The van der Waals surface area contributed by atoms with Crippen LogP contribution in [0.2, 0.25) is 0 Å². The van der Waals surface area contributed by atoms with Gasteiger partial charge in [-0.25, -0.2) is 0 Å². The highest BCUT2D eigenvalue weighted by molar-refractivity contribution is 7.80. The molecule has 1 atom stereocenters. The van der Waals surface area contributed by atoms with Gasteiger partial charge in [-0.3, -0.25) is 9.59 Å². The van der Waals surface area contributed by atoms with E-state index in [1.807, 2.05) is 66.5 Å². The Bertz CT molecular complexity index is 1720. The van der Waals surface area contributed by atoms with Crippen molar-refractivity contribution in [2.75, 3.05) is 26.2 Å². The summed E-state index contributed by atoms with van der Waals surface area (Å²) >= 11 is 5.41. The number of ketones is 2. The van der Waals surface area contributed by atoms with Crippen LogP contribution in [0.4, 0.5) is 5.69 Å². The van der Waals surface area contributed by atoms with Gasteiger partial charge in [-0.05, 0) is 83.5 Å². The smallest absolute Gasteiger partial charge is 0.269 e. The van der Waals surface area contributed by atoms with E-state index in [-0.39, 0.29) is 23.2 Å². The van der Waals surface area contributed by atoms with E-state index < -0.39 is 0 Å². The third-order valence-electron chi connectivity index (χ3n) is 6.93. The lowest BCUT2D eigenvalue weighted by molar-refractivity contribution is -0.117. The van der Waals surface area contributed by atoms with Gasteiger partial charge in [0.2, 0.25) is 5.78 Å². The van der Waals surface area contributed by atoms with Gasteiger partial charge in [-0.15, -0.1) is 6.58 Å². The number of hydrogen-bond donors (Lipinski definition) is 0. The van der Waals surface area contributed by atoms with E-state index in [1.54, 1.807) is 25.3 Å². The zero-order valence-corrected chi connectivity index (χ0v) is 25.4. The largest absolute Gasteiger partial charge is 0.497 e. The number of anilines is 1. The van der Waals surface area contributed by atoms with Crippen LogP contribution in [0.1, 0.15) is 17.0 Å². The Morgan fingerprint density at radius 2 is 1.51 bits per heavy atom. The predicted molar refractivity (Wildman–Crippen MR) is 176 cm³/mol. The number of carbonyl (C=O) groups is 2. The van der Waals surface area contributed by atoms with Crippen molar-refractivity contribution in [2.45, 2.75) is 12.8 Å². The molecule has 218 valence electrons. The fourth-order valence-electron chi connectivity index (χ4n) is 4.56. The van der Waals surface area contributed by atoms with E-state index in [4.69, 9.17) is 26.4 Å². The first-order chi connectivity index (χ1) is 20.7. The Kier molecular flexibility index (Phi) is 10.3. The highest BCUT2D eigenvalue weighted by Gasteiger charge is 2.26. The first-order valence-corrected chi connectivity index (χ1v) is 14.0. The minimum Gasteiger partial charge on any atom is -0.497 e. The lowest BCUT2D eigenvalue weighted by Gasteiger charge is -2.20. The van der Waals surface area contributed by atoms with Crippen LogP contribution in [0.15, 0.2) is 127 Å². The molecule has 5 rings (SSSR count). The molecule has 0 N–H and O–H groups in total. The summed E-state index contributed by atoms with van der Waals surface area (Å²) in [6.07, 6.45) is 4.18. The van der Waals surface area contributed by atoms with Crippen molar-refractivity contribution in [1.29, 1.82) is 0 Å². The van der Waals surface area contributed by atoms with Crippen molar-refractivity contribution in [3.05, 3.63) is 138 Å². The number of methoxy groups -OCH3 is 2. The number of rotatable bonds is 7. The van der Waals surface area contributed by atoms with Gasteiger partial charge in [0.05, 0.1) is 14.2 Å². The number of benzene rings is 4. The van der Waals surface area contributed by atoms with E-state index in [0.717, 1.165) is 28.1 Å². The maximum atomic E-state index is 12.2. The van der Waals surface area contributed by atoms with Crippen molar-refractivity contribution in [2.24, 2.45) is 0 Å². The third-order valence-corrected chi connectivity index (χ3v) is 7.29. The normalized spacial score (nSPS) is 13.1. The molecule has 6 nitrogen and oxygen atoms in total. The molecule has 0 radical (unpaired) electrons. The minimum absolute atomic E-state index is 0.0568. The molecule has 4 aromatic carbocycles. The summed E-state index contributed by atoms with van der Waals surface area (Å²) in [7, 11) is 4.87. The van der Waals surface area contributed by atoms with Gasteiger partial charge in [-0.2, -0.15) is 0 Å². The molecule has 1 unspecified atom stereocenters. The van der Waals surface area contributed by atoms with Crippen molar-refractivity contribution < 1.29 is 23.8 Å². The highest BCUT2D eigenvalue weighted by Crippen LogP contribution is 2.30. The van der Waals surface area contributed by atoms with Crippen molar-refractivity contribution in [1.82, 2.24) is 0 Å². The quantitative estimate of drug-likeness (QED) is 0.125. The number of thiocarbonyl (C=S) groups is 1. The highest BCUT2D eigenvalue weighted by atomic mass is 32.1. The van der Waals surface area contributed by atoms with Crippen LogP contribution in [0.3, 0.4) is 0 Å². The van der Waals surface area contributed by atoms with Gasteiger partial charge in [0.1, 0.15) is 11.5 Å². The van der Waals surface area contributed by atoms with Gasteiger partial charge in [0.15, 0.2) is 11.5 Å². The standard InChI is InChI=1S/C19H17NOS.C17H16O4/c1-14-6-5-9-17(12-14)20(2)19(22)21-18-11-10-15-7-3-4-8-16(15)13-18;1-4-13(11-5-7-12(20-2)8-6-11)14-9-16(19)17(21-3)10-15(14)18/h3-13H,1-2H3;4-10,13H,1H2,2-3H3. The number of ether oxygens (including phenoxy) is 3. The second-order valence-electron chi connectivity index (χ2n) is 9.80. The monoisotopic (exact) mass is 591 g/mol. The Morgan fingerprint density at radius 3 is 2.16 bits per heavy atom. The maximum absolute atomic E-state index is 12.2. The summed E-state index contributed by atoms with van der Waals surface area (Å²) in [5.74, 6) is 0.634. The fourth-order valence-corrected chi connectivity index (χ4v) is 4.76. The number of aryl methyl sites for hydroxylation is 1. The number of hydrogen-bond acceptors (Lipinski definition) is 6. The molecule has 0 saturated carbocycles. The SMILES string of the molecule is C=CC(C1=CC(=O)C(OC)=CC1=O)c1ccc(OC)cc1.Cc1cccc(N(C)C(=S)Oc2ccc3ccccc3c2)c1. The number of fused-ring (bicyclic) bond motifs is 1. The fraction of sp³-hybridized carbons (Fsp3) is 0.139. The Balaban J connectivity index is 0.000000197. The number of allylic oxidation sites excluding steroid dienone is 4. The van der Waals surface area contributed by atoms with E-state index in [2.05, 4.69) is 37.8 Å². The van der Waals surface area contributed by atoms with Gasteiger partial charge in [0.25, 0.3) is 5.17 Å². The van der Waals surface area contributed by atoms with E-state index in [0.29, 0.717) is 10.7 Å². The first kappa shape index (κ1) is 30.9. The van der Waals surface area contributed by atoms with Crippen molar-refractivity contribution in [3.63, 3.8) is 0 Å². The molecule has 4 aromatic rings. The predicted octanol–water partition coefficient (Wildman–Crippen LogP) is 7.52. The van der Waals surface area contributed by atoms with Crippen LogP contribution >= 0.6 is 12.2 Å². The van der Waals surface area contributed by atoms with Crippen LogP contribution in [0.5, 0.6) is 11.5 Å². The summed E-state index contributed by atoms with van der Waals surface area (Å²) in [5, 5.41) is 2.76.